The lowest BCUT2D eigenvalue weighted by molar-refractivity contribution is -0.171. The molecule has 2 aliphatic heterocycles. The number of pyridine rings is 1. The van der Waals surface area contributed by atoms with E-state index in [9.17, 15) is 9.35 Å². The third-order valence-electron chi connectivity index (χ3n) is 7.46. The zero-order valence-electron chi connectivity index (χ0n) is 23.3. The minimum absolute atomic E-state index is 0.111. The number of carbonyl (C=O) groups excluding carboxylic acids is 1. The Morgan fingerprint density at radius 1 is 1.07 bits per heavy atom. The van der Waals surface area contributed by atoms with Gasteiger partial charge in [-0.15, -0.1) is 15.3 Å². The molecule has 1 atom stereocenters. The molecular weight excluding hydrogens is 574 g/mol. The van der Waals surface area contributed by atoms with Crippen LogP contribution in [0.15, 0.2) is 53.2 Å². The zero-order chi connectivity index (χ0) is 29.2. The maximum absolute atomic E-state index is 12.8. The normalized spacial score (nSPS) is 18.0. The Labute approximate surface area is 249 Å². The van der Waals surface area contributed by atoms with Gasteiger partial charge in [0.2, 0.25) is 11.7 Å². The number of amides is 1. The van der Waals surface area contributed by atoms with Crippen molar-refractivity contribution in [2.75, 3.05) is 31.2 Å². The molecule has 1 amide bonds. The molecular formula is C29H29N7O6S. The molecule has 5 aromatic rings. The topological polar surface area (TPSA) is 153 Å². The highest BCUT2D eigenvalue weighted by Crippen LogP contribution is 2.29. The van der Waals surface area contributed by atoms with Crippen molar-refractivity contribution in [3.63, 3.8) is 0 Å². The first-order chi connectivity index (χ1) is 21.1. The van der Waals surface area contributed by atoms with Gasteiger partial charge in [0.05, 0.1) is 24.3 Å². The van der Waals surface area contributed by atoms with Crippen LogP contribution >= 0.6 is 0 Å². The van der Waals surface area contributed by atoms with Crippen LogP contribution in [0.5, 0.6) is 5.88 Å². The molecule has 14 heteroatoms. The number of carbonyl (C=O) groups is 1. The summed E-state index contributed by atoms with van der Waals surface area (Å²) in [6.45, 7) is 2.04. The van der Waals surface area contributed by atoms with Gasteiger partial charge in [0.15, 0.2) is 23.4 Å². The van der Waals surface area contributed by atoms with Crippen molar-refractivity contribution in [3.8, 4) is 17.4 Å². The van der Waals surface area contributed by atoms with E-state index in [4.69, 9.17) is 23.8 Å². The third-order valence-corrected chi connectivity index (χ3v) is 8.74. The van der Waals surface area contributed by atoms with Crippen molar-refractivity contribution in [3.05, 3.63) is 65.7 Å². The van der Waals surface area contributed by atoms with Gasteiger partial charge in [-0.3, -0.25) is 9.78 Å². The van der Waals surface area contributed by atoms with Gasteiger partial charge < -0.3 is 28.2 Å². The smallest absolute Gasteiger partial charge is 0.255 e. The molecule has 0 saturated carbocycles. The Bertz CT molecular complexity index is 1730. The van der Waals surface area contributed by atoms with Crippen LogP contribution in [0.1, 0.15) is 41.1 Å². The Balaban J connectivity index is 1.09. The molecule has 13 nitrogen and oxygen atoms in total. The lowest BCUT2D eigenvalue weighted by Crippen LogP contribution is -2.43. The molecule has 2 saturated heterocycles. The van der Waals surface area contributed by atoms with Crippen LogP contribution in [-0.2, 0) is 33.9 Å². The highest BCUT2D eigenvalue weighted by Gasteiger charge is 2.25. The van der Waals surface area contributed by atoms with Crippen molar-refractivity contribution in [2.24, 2.45) is 0 Å². The average molecular weight is 604 g/mol. The Morgan fingerprint density at radius 3 is 2.72 bits per heavy atom. The molecule has 2 fully saturated rings. The summed E-state index contributed by atoms with van der Waals surface area (Å²) in [5, 5.41) is 19.2. The van der Waals surface area contributed by atoms with Crippen molar-refractivity contribution in [1.29, 1.82) is 0 Å². The minimum atomic E-state index is -0.848. The fraction of sp³-hybridized carbons (Fsp3) is 0.379. The van der Waals surface area contributed by atoms with Crippen molar-refractivity contribution in [2.45, 2.75) is 38.8 Å². The zero-order valence-corrected chi connectivity index (χ0v) is 24.1. The van der Waals surface area contributed by atoms with Gasteiger partial charge in [-0.1, -0.05) is 34.5 Å². The number of ether oxygens (including phenoxy) is 3. The molecule has 6 heterocycles. The molecule has 1 unspecified atom stereocenters. The van der Waals surface area contributed by atoms with Gasteiger partial charge in [-0.25, -0.2) is 0 Å². The lowest BCUT2D eigenvalue weighted by atomic mass is 10.2. The maximum Gasteiger partial charge on any atom is 0.255 e. The first-order valence-corrected chi connectivity index (χ1v) is 15.7. The Hall–Kier alpha value is -4.11. The Morgan fingerprint density at radius 2 is 1.93 bits per heavy atom. The summed E-state index contributed by atoms with van der Waals surface area (Å²) in [4.78, 5) is 19.0. The van der Waals surface area contributed by atoms with Crippen LogP contribution in [0.25, 0.3) is 27.9 Å². The van der Waals surface area contributed by atoms with Crippen molar-refractivity contribution < 1.29 is 28.1 Å². The van der Waals surface area contributed by atoms with Gasteiger partial charge >= 0.3 is 0 Å². The summed E-state index contributed by atoms with van der Waals surface area (Å²) < 4.78 is 36.3. The Kier molecular flexibility index (Phi) is 7.89. The SMILES string of the molecule is O=C(c1ccc(COc2nn3c(-c4cc(COC5CCCCO5)on4)nnc3c3ccccc23)nc1)N1CC[S+]([O-])CC1. The summed E-state index contributed by atoms with van der Waals surface area (Å²) in [5.74, 6) is 2.21. The van der Waals surface area contributed by atoms with E-state index in [-0.39, 0.29) is 25.4 Å². The van der Waals surface area contributed by atoms with Crippen LogP contribution in [0.3, 0.4) is 0 Å². The van der Waals surface area contributed by atoms with E-state index < -0.39 is 11.2 Å². The summed E-state index contributed by atoms with van der Waals surface area (Å²) in [7, 11) is 0. The molecule has 222 valence electrons. The summed E-state index contributed by atoms with van der Waals surface area (Å²) in [6.07, 6.45) is 4.29. The highest BCUT2D eigenvalue weighted by atomic mass is 32.2. The number of hydrogen-bond acceptors (Lipinski definition) is 11. The largest absolute Gasteiger partial charge is 0.616 e. The molecule has 2 aliphatic rings. The predicted molar refractivity (Wildman–Crippen MR) is 155 cm³/mol. The molecule has 0 aliphatic carbocycles. The van der Waals surface area contributed by atoms with E-state index in [1.165, 1.54) is 0 Å². The van der Waals surface area contributed by atoms with Gasteiger partial charge in [-0.2, -0.15) is 4.52 Å². The van der Waals surface area contributed by atoms with E-state index >= 15 is 0 Å². The van der Waals surface area contributed by atoms with E-state index in [1.54, 1.807) is 33.8 Å². The van der Waals surface area contributed by atoms with E-state index in [0.29, 0.717) is 71.3 Å². The highest BCUT2D eigenvalue weighted by molar-refractivity contribution is 7.91. The number of fused-ring (bicyclic) bond motifs is 3. The van der Waals surface area contributed by atoms with E-state index in [2.05, 4.69) is 20.3 Å². The van der Waals surface area contributed by atoms with Gasteiger partial charge in [0, 0.05) is 29.6 Å². The standard InChI is InChI=1S/C29H29N7O6S/c37-29(35-10-13-43(38)14-11-35)19-8-9-20(30-16-19)17-41-28-23-6-2-1-5-22(23)26-31-32-27(36(26)33-28)24-15-21(42-34-24)18-40-25-7-3-4-12-39-25/h1-2,5-6,8-9,15-16,25H,3-4,7,10-14,17-18H2. The van der Waals surface area contributed by atoms with Crippen LogP contribution in [0, 0.1) is 0 Å². The van der Waals surface area contributed by atoms with E-state index in [0.717, 1.165) is 30.0 Å². The number of hydrogen-bond donors (Lipinski definition) is 0. The second-order valence-corrected chi connectivity index (χ2v) is 12.1. The third kappa shape index (κ3) is 5.91. The minimum Gasteiger partial charge on any atom is -0.616 e. The van der Waals surface area contributed by atoms with E-state index in [1.807, 2.05) is 24.3 Å². The molecule has 4 aromatic heterocycles. The lowest BCUT2D eigenvalue weighted by Gasteiger charge is -2.28. The molecule has 1 aromatic carbocycles. The monoisotopic (exact) mass is 603 g/mol. The fourth-order valence-electron chi connectivity index (χ4n) is 5.12. The average Bonchev–Trinajstić information content (AvgIpc) is 3.71. The number of rotatable bonds is 8. The van der Waals surface area contributed by atoms with Crippen LogP contribution in [0.2, 0.25) is 0 Å². The molecule has 0 bridgehead atoms. The predicted octanol–water partition coefficient (Wildman–Crippen LogP) is 3.15. The molecule has 43 heavy (non-hydrogen) atoms. The first kappa shape index (κ1) is 27.7. The second-order valence-electron chi connectivity index (χ2n) is 10.4. The molecule has 0 spiro atoms. The van der Waals surface area contributed by atoms with Crippen LogP contribution in [-0.4, -0.2) is 82.8 Å². The van der Waals surface area contributed by atoms with Gasteiger partial charge in [-0.05, 0) is 37.5 Å². The second kappa shape index (κ2) is 12.2. The number of benzene rings is 1. The summed E-state index contributed by atoms with van der Waals surface area (Å²) >= 11 is -0.848. The first-order valence-electron chi connectivity index (χ1n) is 14.2. The van der Waals surface area contributed by atoms with Gasteiger partial charge in [0.1, 0.15) is 24.7 Å². The van der Waals surface area contributed by atoms with Crippen molar-refractivity contribution >= 4 is 33.5 Å². The summed E-state index contributed by atoms with van der Waals surface area (Å²) in [5.41, 5.74) is 2.14. The molecule has 0 radical (unpaired) electrons. The van der Waals surface area contributed by atoms with Crippen LogP contribution in [0.4, 0.5) is 0 Å². The van der Waals surface area contributed by atoms with Crippen LogP contribution < -0.4 is 4.74 Å². The van der Waals surface area contributed by atoms with Gasteiger partial charge in [0.25, 0.3) is 5.91 Å². The molecule has 0 N–H and O–H groups in total. The number of aromatic nitrogens is 6. The molecule has 7 rings (SSSR count). The maximum atomic E-state index is 12.8. The number of nitrogens with zero attached hydrogens (tertiary/aromatic N) is 7. The van der Waals surface area contributed by atoms with Crippen molar-refractivity contribution in [1.82, 2.24) is 34.9 Å². The quantitative estimate of drug-likeness (QED) is 0.240. The summed E-state index contributed by atoms with van der Waals surface area (Å²) in [6, 6.07) is 12.9. The fourth-order valence-corrected chi connectivity index (χ4v) is 6.18.